The monoisotopic (exact) mass is 269 g/mol. The van der Waals surface area contributed by atoms with Crippen molar-refractivity contribution >= 4 is 27.4 Å². The predicted molar refractivity (Wildman–Crippen MR) is 67.0 cm³/mol. The number of halogens is 1. The van der Waals surface area contributed by atoms with Gasteiger partial charge < -0.3 is 5.73 Å². The Hall–Kier alpha value is -0.830. The highest BCUT2D eigenvalue weighted by Crippen LogP contribution is 2.22. The summed E-state index contributed by atoms with van der Waals surface area (Å²) in [7, 11) is 0. The number of carbonyl (C=O) groups excluding carboxylic acids is 1. The summed E-state index contributed by atoms with van der Waals surface area (Å²) < 4.78 is 0.902. The van der Waals surface area contributed by atoms with Gasteiger partial charge in [0, 0.05) is 21.6 Å². The summed E-state index contributed by atoms with van der Waals surface area (Å²) in [6.07, 6.45) is 1.93. The lowest BCUT2D eigenvalue weighted by atomic mass is 9.94. The third kappa shape index (κ3) is 3.06. The van der Waals surface area contributed by atoms with Gasteiger partial charge in [-0.05, 0) is 24.6 Å². The van der Waals surface area contributed by atoms with E-state index in [-0.39, 0.29) is 11.7 Å². The first-order valence-corrected chi connectivity index (χ1v) is 5.94. The largest absolute Gasteiger partial charge is 0.398 e. The molecule has 0 saturated carbocycles. The molecule has 1 aromatic rings. The van der Waals surface area contributed by atoms with Gasteiger partial charge in [0.1, 0.15) is 0 Å². The van der Waals surface area contributed by atoms with Gasteiger partial charge in [-0.2, -0.15) is 0 Å². The van der Waals surface area contributed by atoms with Crippen LogP contribution in [0.5, 0.6) is 0 Å². The number of anilines is 1. The molecule has 2 nitrogen and oxygen atoms in total. The fraction of sp³-hybridized carbons (Fsp3) is 0.417. The highest BCUT2D eigenvalue weighted by molar-refractivity contribution is 9.10. The fourth-order valence-corrected chi connectivity index (χ4v) is 1.97. The SMILES string of the molecule is CCCC(C)C(=O)c1ccc(Br)cc1N. The van der Waals surface area contributed by atoms with Crippen LogP contribution in [0.1, 0.15) is 37.0 Å². The Bertz CT molecular complexity index is 363. The Labute approximate surface area is 99.0 Å². The van der Waals surface area contributed by atoms with Gasteiger partial charge in [-0.1, -0.05) is 36.2 Å². The highest BCUT2D eigenvalue weighted by atomic mass is 79.9. The van der Waals surface area contributed by atoms with Crippen molar-refractivity contribution in [2.45, 2.75) is 26.7 Å². The van der Waals surface area contributed by atoms with E-state index in [1.54, 1.807) is 12.1 Å². The van der Waals surface area contributed by atoms with Crippen molar-refractivity contribution in [3.8, 4) is 0 Å². The van der Waals surface area contributed by atoms with Crippen LogP contribution in [-0.4, -0.2) is 5.78 Å². The van der Waals surface area contributed by atoms with Gasteiger partial charge in [-0.25, -0.2) is 0 Å². The molecular formula is C12H16BrNO. The van der Waals surface area contributed by atoms with Crippen LogP contribution in [0.2, 0.25) is 0 Å². The molecule has 3 heteroatoms. The summed E-state index contributed by atoms with van der Waals surface area (Å²) in [5, 5.41) is 0. The molecule has 0 saturated heterocycles. The third-order valence-electron chi connectivity index (χ3n) is 2.45. The van der Waals surface area contributed by atoms with Gasteiger partial charge in [0.2, 0.25) is 0 Å². The molecule has 0 fully saturated rings. The summed E-state index contributed by atoms with van der Waals surface area (Å²) in [6, 6.07) is 5.40. The second kappa shape index (κ2) is 5.31. The highest BCUT2D eigenvalue weighted by Gasteiger charge is 2.16. The maximum Gasteiger partial charge on any atom is 0.167 e. The number of carbonyl (C=O) groups is 1. The van der Waals surface area contributed by atoms with Crippen molar-refractivity contribution in [1.29, 1.82) is 0 Å². The lowest BCUT2D eigenvalue weighted by molar-refractivity contribution is 0.0924. The summed E-state index contributed by atoms with van der Waals surface area (Å²) in [4.78, 5) is 12.0. The van der Waals surface area contributed by atoms with Crippen LogP contribution in [-0.2, 0) is 0 Å². The molecule has 82 valence electrons. The standard InChI is InChI=1S/C12H16BrNO/c1-3-4-8(2)12(15)10-6-5-9(13)7-11(10)14/h5-8H,3-4,14H2,1-2H3. The molecule has 0 aliphatic heterocycles. The smallest absolute Gasteiger partial charge is 0.167 e. The first-order valence-electron chi connectivity index (χ1n) is 5.15. The lowest BCUT2D eigenvalue weighted by Crippen LogP contribution is -2.13. The maximum atomic E-state index is 12.0. The molecule has 0 amide bonds. The second-order valence-corrected chi connectivity index (χ2v) is 4.70. The number of hydrogen-bond acceptors (Lipinski definition) is 2. The van der Waals surface area contributed by atoms with Crippen LogP contribution in [0.3, 0.4) is 0 Å². The zero-order valence-corrected chi connectivity index (χ0v) is 10.7. The molecule has 0 aliphatic rings. The molecule has 0 bridgehead atoms. The zero-order valence-electron chi connectivity index (χ0n) is 9.09. The van der Waals surface area contributed by atoms with Gasteiger partial charge in [-0.3, -0.25) is 4.79 Å². The molecule has 0 heterocycles. The summed E-state index contributed by atoms with van der Waals surface area (Å²) in [5.74, 6) is 0.195. The Morgan fingerprint density at radius 1 is 1.53 bits per heavy atom. The van der Waals surface area contributed by atoms with Crippen molar-refractivity contribution < 1.29 is 4.79 Å². The van der Waals surface area contributed by atoms with Gasteiger partial charge in [0.25, 0.3) is 0 Å². The molecule has 15 heavy (non-hydrogen) atoms. The molecule has 1 atom stereocenters. The quantitative estimate of drug-likeness (QED) is 0.670. The number of rotatable bonds is 4. The molecule has 0 aliphatic carbocycles. The molecule has 1 unspecified atom stereocenters. The van der Waals surface area contributed by atoms with Crippen LogP contribution in [0.4, 0.5) is 5.69 Å². The predicted octanol–water partition coefficient (Wildman–Crippen LogP) is 3.65. The van der Waals surface area contributed by atoms with Crippen molar-refractivity contribution in [1.82, 2.24) is 0 Å². The second-order valence-electron chi connectivity index (χ2n) is 3.79. The summed E-state index contributed by atoms with van der Waals surface area (Å²) in [6.45, 7) is 4.03. The van der Waals surface area contributed by atoms with E-state index < -0.39 is 0 Å². The van der Waals surface area contributed by atoms with Gasteiger partial charge in [0.15, 0.2) is 5.78 Å². The van der Waals surface area contributed by atoms with E-state index in [1.807, 2.05) is 13.0 Å². The molecule has 0 aromatic heterocycles. The zero-order chi connectivity index (χ0) is 11.4. The number of ketones is 1. The van der Waals surface area contributed by atoms with Crippen LogP contribution in [0, 0.1) is 5.92 Å². The average molecular weight is 270 g/mol. The lowest BCUT2D eigenvalue weighted by Gasteiger charge is -2.11. The van der Waals surface area contributed by atoms with Crippen molar-refractivity contribution in [2.75, 3.05) is 5.73 Å². The molecular weight excluding hydrogens is 254 g/mol. The number of nitrogen functional groups attached to an aromatic ring is 1. The van der Waals surface area contributed by atoms with E-state index in [0.717, 1.165) is 17.3 Å². The van der Waals surface area contributed by atoms with Gasteiger partial charge >= 0.3 is 0 Å². The summed E-state index contributed by atoms with van der Waals surface area (Å²) in [5.41, 5.74) is 7.00. The molecule has 1 rings (SSSR count). The van der Waals surface area contributed by atoms with Gasteiger partial charge in [0.05, 0.1) is 0 Å². The Morgan fingerprint density at radius 3 is 2.73 bits per heavy atom. The minimum atomic E-state index is 0.0541. The first kappa shape index (κ1) is 12.2. The van der Waals surface area contributed by atoms with Crippen molar-refractivity contribution in [2.24, 2.45) is 5.92 Å². The number of benzene rings is 1. The first-order chi connectivity index (χ1) is 7.06. The number of Topliss-reactive ketones (excluding diaryl/α,β-unsaturated/α-hetero) is 1. The molecule has 1 aromatic carbocycles. The normalized spacial score (nSPS) is 12.5. The Morgan fingerprint density at radius 2 is 2.20 bits per heavy atom. The average Bonchev–Trinajstić information content (AvgIpc) is 2.17. The summed E-state index contributed by atoms with van der Waals surface area (Å²) >= 11 is 3.32. The van der Waals surface area contributed by atoms with E-state index in [9.17, 15) is 4.79 Å². The topological polar surface area (TPSA) is 43.1 Å². The van der Waals surface area contributed by atoms with Gasteiger partial charge in [-0.15, -0.1) is 0 Å². The van der Waals surface area contributed by atoms with E-state index >= 15 is 0 Å². The number of hydrogen-bond donors (Lipinski definition) is 1. The van der Waals surface area contributed by atoms with E-state index in [1.165, 1.54) is 0 Å². The molecule has 0 spiro atoms. The molecule has 2 N–H and O–H groups in total. The van der Waals surface area contributed by atoms with Crippen LogP contribution in [0.15, 0.2) is 22.7 Å². The van der Waals surface area contributed by atoms with Crippen molar-refractivity contribution in [3.63, 3.8) is 0 Å². The van der Waals surface area contributed by atoms with E-state index in [4.69, 9.17) is 5.73 Å². The number of nitrogens with two attached hydrogens (primary N) is 1. The van der Waals surface area contributed by atoms with Crippen LogP contribution < -0.4 is 5.73 Å². The molecule has 0 radical (unpaired) electrons. The Kier molecular flexibility index (Phi) is 4.33. The third-order valence-corrected chi connectivity index (χ3v) is 2.94. The van der Waals surface area contributed by atoms with Crippen LogP contribution >= 0.6 is 15.9 Å². The minimum absolute atomic E-state index is 0.0541. The van der Waals surface area contributed by atoms with Crippen molar-refractivity contribution in [3.05, 3.63) is 28.2 Å². The fourth-order valence-electron chi connectivity index (χ4n) is 1.59. The van der Waals surface area contributed by atoms with Crippen LogP contribution in [0.25, 0.3) is 0 Å². The van der Waals surface area contributed by atoms with E-state index in [0.29, 0.717) is 11.3 Å². The minimum Gasteiger partial charge on any atom is -0.398 e. The Balaban J connectivity index is 2.91. The van der Waals surface area contributed by atoms with E-state index in [2.05, 4.69) is 22.9 Å². The maximum absolute atomic E-state index is 12.0.